The van der Waals surface area contributed by atoms with Crippen LogP contribution in [0.1, 0.15) is 11.1 Å². The average Bonchev–Trinajstić information content (AvgIpc) is 2.32. The van der Waals surface area contributed by atoms with E-state index in [1.54, 1.807) is 19.1 Å². The number of rotatable bonds is 3. The summed E-state index contributed by atoms with van der Waals surface area (Å²) >= 11 is 0. The zero-order valence-corrected chi connectivity index (χ0v) is 9.61. The van der Waals surface area contributed by atoms with Crippen molar-refractivity contribution < 1.29 is 9.13 Å². The van der Waals surface area contributed by atoms with Crippen molar-refractivity contribution >= 4 is 5.69 Å². The number of nitrogens with two attached hydrogens (primary N) is 1. The summed E-state index contributed by atoms with van der Waals surface area (Å²) < 4.78 is 18.8. The molecule has 0 saturated heterocycles. The first-order valence-electron chi connectivity index (χ1n) is 5.39. The summed E-state index contributed by atoms with van der Waals surface area (Å²) in [5, 5.41) is 0. The number of anilines is 1. The molecule has 2 nitrogen and oxygen atoms in total. The van der Waals surface area contributed by atoms with Gasteiger partial charge in [0.1, 0.15) is 18.2 Å². The van der Waals surface area contributed by atoms with Crippen molar-refractivity contribution in [2.45, 2.75) is 13.5 Å². The van der Waals surface area contributed by atoms with Gasteiger partial charge in [0.05, 0.1) is 0 Å². The van der Waals surface area contributed by atoms with E-state index in [4.69, 9.17) is 10.5 Å². The van der Waals surface area contributed by atoms with Gasteiger partial charge < -0.3 is 10.5 Å². The highest BCUT2D eigenvalue weighted by molar-refractivity contribution is 5.46. The number of para-hydroxylation sites is 1. The van der Waals surface area contributed by atoms with E-state index in [9.17, 15) is 4.39 Å². The van der Waals surface area contributed by atoms with Crippen LogP contribution in [0, 0.1) is 12.7 Å². The fraction of sp³-hybridized carbons (Fsp3) is 0.143. The van der Waals surface area contributed by atoms with Crippen molar-refractivity contribution in [3.8, 4) is 5.75 Å². The number of hydrogen-bond acceptors (Lipinski definition) is 2. The smallest absolute Gasteiger partial charge is 0.129 e. The van der Waals surface area contributed by atoms with E-state index in [1.807, 2.05) is 24.3 Å². The summed E-state index contributed by atoms with van der Waals surface area (Å²) in [5.74, 6) is 0.250. The Labute approximate surface area is 99.8 Å². The monoisotopic (exact) mass is 231 g/mol. The van der Waals surface area contributed by atoms with Crippen LogP contribution >= 0.6 is 0 Å². The highest BCUT2D eigenvalue weighted by atomic mass is 19.1. The number of benzene rings is 2. The zero-order valence-electron chi connectivity index (χ0n) is 9.61. The lowest BCUT2D eigenvalue weighted by atomic mass is 10.2. The largest absolute Gasteiger partial charge is 0.489 e. The topological polar surface area (TPSA) is 35.2 Å². The SMILES string of the molecule is Cc1ccc(OCc2ccccc2N)cc1F. The van der Waals surface area contributed by atoms with Crippen molar-refractivity contribution in [1.29, 1.82) is 0 Å². The quantitative estimate of drug-likeness (QED) is 0.822. The molecule has 0 amide bonds. The Morgan fingerprint density at radius 1 is 1.18 bits per heavy atom. The Morgan fingerprint density at radius 3 is 2.65 bits per heavy atom. The molecule has 0 heterocycles. The van der Waals surface area contributed by atoms with Crippen LogP contribution in [-0.4, -0.2) is 0 Å². The van der Waals surface area contributed by atoms with Crippen LogP contribution in [0.15, 0.2) is 42.5 Å². The fourth-order valence-electron chi connectivity index (χ4n) is 1.49. The summed E-state index contributed by atoms with van der Waals surface area (Å²) in [6.07, 6.45) is 0. The van der Waals surface area contributed by atoms with Gasteiger partial charge in [-0.15, -0.1) is 0 Å². The minimum atomic E-state index is -0.261. The highest BCUT2D eigenvalue weighted by Gasteiger charge is 2.02. The van der Waals surface area contributed by atoms with E-state index in [1.165, 1.54) is 6.07 Å². The second kappa shape index (κ2) is 4.87. The lowest BCUT2D eigenvalue weighted by Crippen LogP contribution is -2.00. The van der Waals surface area contributed by atoms with E-state index in [0.29, 0.717) is 23.6 Å². The van der Waals surface area contributed by atoms with E-state index in [-0.39, 0.29) is 5.82 Å². The maximum atomic E-state index is 13.3. The van der Waals surface area contributed by atoms with Crippen LogP contribution in [0.4, 0.5) is 10.1 Å². The number of aryl methyl sites for hydroxylation is 1. The van der Waals surface area contributed by atoms with Gasteiger partial charge in [0, 0.05) is 17.3 Å². The minimum Gasteiger partial charge on any atom is -0.489 e. The molecule has 0 unspecified atom stereocenters. The van der Waals surface area contributed by atoms with E-state index in [2.05, 4.69) is 0 Å². The molecule has 0 bridgehead atoms. The van der Waals surface area contributed by atoms with Crippen molar-refractivity contribution in [3.63, 3.8) is 0 Å². The molecule has 88 valence electrons. The number of nitrogen functional groups attached to an aromatic ring is 1. The zero-order chi connectivity index (χ0) is 12.3. The maximum Gasteiger partial charge on any atom is 0.129 e. The maximum absolute atomic E-state index is 13.3. The molecule has 0 aliphatic carbocycles. The first-order chi connectivity index (χ1) is 8.16. The molecule has 0 aromatic heterocycles. The summed E-state index contributed by atoms with van der Waals surface area (Å²) in [5.41, 5.74) is 7.97. The molecule has 17 heavy (non-hydrogen) atoms. The van der Waals surface area contributed by atoms with E-state index < -0.39 is 0 Å². The number of hydrogen-bond donors (Lipinski definition) is 1. The molecule has 2 rings (SSSR count). The molecule has 0 aliphatic rings. The van der Waals surface area contributed by atoms with Gasteiger partial charge in [0.15, 0.2) is 0 Å². The van der Waals surface area contributed by atoms with Crippen molar-refractivity contribution in [2.75, 3.05) is 5.73 Å². The predicted octanol–water partition coefficient (Wildman–Crippen LogP) is 3.30. The lowest BCUT2D eigenvalue weighted by Gasteiger charge is -2.08. The molecule has 2 N–H and O–H groups in total. The van der Waals surface area contributed by atoms with Crippen LogP contribution in [0.25, 0.3) is 0 Å². The summed E-state index contributed by atoms with van der Waals surface area (Å²) in [4.78, 5) is 0. The van der Waals surface area contributed by atoms with E-state index in [0.717, 1.165) is 5.56 Å². The standard InChI is InChI=1S/C14H14FNO/c1-10-6-7-12(8-13(10)15)17-9-11-4-2-3-5-14(11)16/h2-8H,9,16H2,1H3. The minimum absolute atomic E-state index is 0.261. The van der Waals surface area contributed by atoms with Gasteiger partial charge in [0.2, 0.25) is 0 Å². The van der Waals surface area contributed by atoms with Gasteiger partial charge in [0.25, 0.3) is 0 Å². The first kappa shape index (κ1) is 11.5. The number of halogens is 1. The Kier molecular flexibility index (Phi) is 3.28. The molecule has 0 atom stereocenters. The van der Waals surface area contributed by atoms with Crippen molar-refractivity contribution in [3.05, 3.63) is 59.4 Å². The third kappa shape index (κ3) is 2.75. The molecule has 0 saturated carbocycles. The van der Waals surface area contributed by atoms with Crippen molar-refractivity contribution in [1.82, 2.24) is 0 Å². The Hall–Kier alpha value is -2.03. The van der Waals surface area contributed by atoms with Gasteiger partial charge in [-0.2, -0.15) is 0 Å². The van der Waals surface area contributed by atoms with Crippen molar-refractivity contribution in [2.24, 2.45) is 0 Å². The van der Waals surface area contributed by atoms with Gasteiger partial charge in [-0.3, -0.25) is 0 Å². The van der Waals surface area contributed by atoms with Gasteiger partial charge >= 0.3 is 0 Å². The third-order valence-corrected chi connectivity index (χ3v) is 2.59. The summed E-state index contributed by atoms with van der Waals surface area (Å²) in [6, 6.07) is 12.3. The normalized spacial score (nSPS) is 10.2. The van der Waals surface area contributed by atoms with Crippen LogP contribution in [0.2, 0.25) is 0 Å². The summed E-state index contributed by atoms with van der Waals surface area (Å²) in [7, 11) is 0. The van der Waals surface area contributed by atoms with Gasteiger partial charge in [-0.05, 0) is 24.6 Å². The van der Waals surface area contributed by atoms with E-state index >= 15 is 0 Å². The molecular formula is C14H14FNO. The second-order valence-corrected chi connectivity index (χ2v) is 3.90. The summed E-state index contributed by atoms with van der Waals surface area (Å²) in [6.45, 7) is 2.06. The average molecular weight is 231 g/mol. The van der Waals surface area contributed by atoms with Crippen LogP contribution in [0.5, 0.6) is 5.75 Å². The Balaban J connectivity index is 2.08. The molecule has 3 heteroatoms. The second-order valence-electron chi connectivity index (χ2n) is 3.90. The molecule has 0 spiro atoms. The van der Waals surface area contributed by atoms with Crippen LogP contribution in [0.3, 0.4) is 0 Å². The Bertz CT molecular complexity index is 525. The molecule has 0 aliphatic heterocycles. The Morgan fingerprint density at radius 2 is 1.94 bits per heavy atom. The molecule has 2 aromatic rings. The number of ether oxygens (including phenoxy) is 1. The third-order valence-electron chi connectivity index (χ3n) is 2.59. The van der Waals surface area contributed by atoms with Gasteiger partial charge in [-0.1, -0.05) is 24.3 Å². The van der Waals surface area contributed by atoms with Crippen LogP contribution < -0.4 is 10.5 Å². The van der Waals surface area contributed by atoms with Gasteiger partial charge in [-0.25, -0.2) is 4.39 Å². The van der Waals surface area contributed by atoms with Crippen LogP contribution in [-0.2, 0) is 6.61 Å². The highest BCUT2D eigenvalue weighted by Crippen LogP contribution is 2.18. The predicted molar refractivity (Wildman–Crippen MR) is 66.3 cm³/mol. The molecular weight excluding hydrogens is 217 g/mol. The lowest BCUT2D eigenvalue weighted by molar-refractivity contribution is 0.305. The first-order valence-corrected chi connectivity index (χ1v) is 5.39. The molecule has 0 fully saturated rings. The molecule has 0 radical (unpaired) electrons. The molecule has 2 aromatic carbocycles. The fourth-order valence-corrected chi connectivity index (χ4v) is 1.49.